The Kier molecular flexibility index (Phi) is 10.3. The predicted molar refractivity (Wildman–Crippen MR) is 458 cm³/mol. The summed E-state index contributed by atoms with van der Waals surface area (Å²) >= 11 is 0. The molecule has 0 unspecified atom stereocenters. The first kappa shape index (κ1) is 59.8. The summed E-state index contributed by atoms with van der Waals surface area (Å²) in [4.78, 5) is 0. The van der Waals surface area contributed by atoms with Crippen LogP contribution in [0.2, 0.25) is 0 Å². The third kappa shape index (κ3) is 6.46. The molecule has 4 heterocycles. The summed E-state index contributed by atoms with van der Waals surface area (Å²) in [6.07, 6.45) is 0. The van der Waals surface area contributed by atoms with Gasteiger partial charge in [0.1, 0.15) is 0 Å². The highest BCUT2D eigenvalue weighted by atomic mass is 14.5. The molecular weight excluding hydrogens is 1290 g/mol. The molecule has 0 fully saturated rings. The Hall–Kier alpha value is -11.3. The van der Waals surface area contributed by atoms with Gasteiger partial charge in [-0.2, -0.15) is 0 Å². The van der Waals surface area contributed by atoms with Crippen LogP contribution in [0.5, 0.6) is 0 Å². The topological polar surface area (TPSA) is 0 Å². The van der Waals surface area contributed by atoms with Gasteiger partial charge in [-0.15, -0.1) is 0 Å². The number of hydrogen-bond donors (Lipinski definition) is 0. The zero-order chi connectivity index (χ0) is 72.2. The lowest BCUT2D eigenvalue weighted by Crippen LogP contribution is -2.57. The van der Waals surface area contributed by atoms with Crippen LogP contribution in [0.4, 0.5) is 0 Å². The van der Waals surface area contributed by atoms with Crippen LogP contribution in [-0.2, 0) is 32.5 Å². The molecule has 4 aliphatic heterocycles. The van der Waals surface area contributed by atoms with E-state index in [1.807, 2.05) is 0 Å². The van der Waals surface area contributed by atoms with Gasteiger partial charge in [0.15, 0.2) is 0 Å². The fraction of sp³-hybridized carbons (Fsp3) is 0.170. The number of hydrogen-bond acceptors (Lipinski definition) is 0. The van der Waals surface area contributed by atoms with Crippen molar-refractivity contribution in [2.75, 3.05) is 0 Å². The SMILES string of the molecule is CC1(C)c2ccccc2-c2c1cc1cccc3c1c2-c1cccc2c1B3c1cccc3cc4c(c-2c13)-c1ccc(-c2ccc3c(c2)C(C)(C)c2c-3cc3c5c(cc6c(c25)C(C)(C)c2ccccc2-6)-c2cccc5c2B3c2cc3c(c6c7c(cc-5c26)-c2ccccc2C7(C)C)C(C)(C)c2ccccc2-3)cc1C4(C)C. The Morgan fingerprint density at radius 2 is 0.509 bits per heavy atom. The Balaban J connectivity index is 0.687. The van der Waals surface area contributed by atoms with Gasteiger partial charge in [-0.05, 0) is 269 Å². The van der Waals surface area contributed by atoms with Crippen molar-refractivity contribution < 1.29 is 0 Å². The molecule has 10 aliphatic rings. The van der Waals surface area contributed by atoms with Gasteiger partial charge in [0.05, 0.1) is 0 Å². The second-order valence-electron chi connectivity index (χ2n) is 37.1. The van der Waals surface area contributed by atoms with Crippen molar-refractivity contribution in [3.63, 3.8) is 0 Å². The molecule has 0 nitrogen and oxygen atoms in total. The second-order valence-corrected chi connectivity index (χ2v) is 37.1. The Morgan fingerprint density at radius 3 is 0.972 bits per heavy atom. The summed E-state index contributed by atoms with van der Waals surface area (Å²) in [5.41, 5.74) is 54.9. The first-order valence-corrected chi connectivity index (χ1v) is 39.7. The van der Waals surface area contributed by atoms with Crippen molar-refractivity contribution in [1.82, 2.24) is 0 Å². The number of rotatable bonds is 1. The van der Waals surface area contributed by atoms with Gasteiger partial charge in [0.2, 0.25) is 13.4 Å². The van der Waals surface area contributed by atoms with Crippen LogP contribution in [0, 0.1) is 0 Å². The second kappa shape index (κ2) is 18.6. The lowest BCUT2D eigenvalue weighted by molar-refractivity contribution is 0.650. The normalized spacial score (nSPS) is 17.3. The maximum absolute atomic E-state index is 2.75. The molecule has 6 aliphatic carbocycles. The average Bonchev–Trinajstić information content (AvgIpc) is 1.34. The van der Waals surface area contributed by atoms with Gasteiger partial charge in [-0.25, -0.2) is 0 Å². The zero-order valence-electron chi connectivity index (χ0n) is 63.2. The van der Waals surface area contributed by atoms with Gasteiger partial charge >= 0.3 is 0 Å². The van der Waals surface area contributed by atoms with E-state index >= 15 is 0 Å². The Morgan fingerprint density at radius 1 is 0.185 bits per heavy atom. The Bertz CT molecular complexity index is 7210. The molecule has 0 bridgehead atoms. The summed E-state index contributed by atoms with van der Waals surface area (Å²) in [5.74, 6) is 0. The number of benzene rings is 16. The molecule has 16 aromatic rings. The van der Waals surface area contributed by atoms with Crippen molar-refractivity contribution in [1.29, 1.82) is 0 Å². The minimum Gasteiger partial charge on any atom is -0.0663 e. The fourth-order valence-electron chi connectivity index (χ4n) is 25.6. The summed E-state index contributed by atoms with van der Waals surface area (Å²) < 4.78 is 0. The van der Waals surface area contributed by atoms with E-state index in [0.29, 0.717) is 0 Å². The highest BCUT2D eigenvalue weighted by Crippen LogP contribution is 2.65. The van der Waals surface area contributed by atoms with E-state index in [0.717, 1.165) is 0 Å². The maximum atomic E-state index is 2.75. The molecule has 0 spiro atoms. The van der Waals surface area contributed by atoms with E-state index in [1.165, 1.54) is 265 Å². The largest absolute Gasteiger partial charge is 0.244 e. The summed E-state index contributed by atoms with van der Waals surface area (Å²) in [6.45, 7) is 30.2. The molecule has 0 amide bonds. The minimum atomic E-state index is -0.361. The van der Waals surface area contributed by atoms with Crippen LogP contribution >= 0.6 is 0 Å². The van der Waals surface area contributed by atoms with Crippen molar-refractivity contribution >= 4 is 89.3 Å². The first-order valence-electron chi connectivity index (χ1n) is 39.7. The summed E-state index contributed by atoms with van der Waals surface area (Å²) in [7, 11) is 0. The van der Waals surface area contributed by atoms with Crippen molar-refractivity contribution in [3.8, 4) is 122 Å². The van der Waals surface area contributed by atoms with Crippen LogP contribution in [0.25, 0.3) is 165 Å². The van der Waals surface area contributed by atoms with E-state index in [-0.39, 0.29) is 45.9 Å². The van der Waals surface area contributed by atoms with E-state index in [4.69, 9.17) is 0 Å². The quantitative estimate of drug-likeness (QED) is 0.144. The molecule has 26 rings (SSSR count). The van der Waals surface area contributed by atoms with Gasteiger partial charge < -0.3 is 0 Å². The van der Waals surface area contributed by atoms with E-state index < -0.39 is 0 Å². The summed E-state index contributed by atoms with van der Waals surface area (Å²) in [5, 5.41) is 11.4. The molecule has 108 heavy (non-hydrogen) atoms. The van der Waals surface area contributed by atoms with Crippen LogP contribution in [0.3, 0.4) is 0 Å². The standard InChI is InChI=1S/C106H76B2/c1-101(2)76-38-20-16-30-63(76)87-79(101)47-55-25-21-39-81-85(55)91(87)65-33-24-34-66-92-86-56(26-22-40-82(86)107(81)100(65)66)48-80-88(92)64-44-42-54(46-78(64)102(80,3)4)53-41-43-60-72-52-84-90-68(50-70-58-28-14-18-36-74(58)104(7,8)96(70)94(90)98(72)106(11,12)77(60)45-53)62-32-23-31-61-67-49-69-57-27-13-17-35-73(57)103(5,6)95(69)93-89(67)83(108(84)99(61)62)51-71-59-29-15-19-37-75(59)105(9,10)97(71)93/h13-52H,1-12H3. The third-order valence-electron chi connectivity index (χ3n) is 30.1. The maximum Gasteiger partial charge on any atom is 0.244 e. The molecule has 2 heteroatoms. The van der Waals surface area contributed by atoms with Crippen LogP contribution in [0.15, 0.2) is 243 Å². The van der Waals surface area contributed by atoms with Crippen molar-refractivity contribution in [2.24, 2.45) is 0 Å². The smallest absolute Gasteiger partial charge is 0.0663 e. The molecule has 0 N–H and O–H groups in total. The highest BCUT2D eigenvalue weighted by molar-refractivity contribution is 7.02. The fourth-order valence-corrected chi connectivity index (χ4v) is 25.6. The van der Waals surface area contributed by atoms with Crippen LogP contribution in [-0.4, -0.2) is 13.4 Å². The first-order chi connectivity index (χ1) is 52.2. The van der Waals surface area contributed by atoms with Crippen LogP contribution in [0.1, 0.15) is 150 Å². The minimum absolute atomic E-state index is 0.0154. The monoisotopic (exact) mass is 1370 g/mol. The van der Waals surface area contributed by atoms with E-state index in [9.17, 15) is 0 Å². The lowest BCUT2D eigenvalue weighted by atomic mass is 9.30. The van der Waals surface area contributed by atoms with Crippen molar-refractivity contribution in [2.45, 2.75) is 116 Å². The summed E-state index contributed by atoms with van der Waals surface area (Å²) in [6, 6.07) is 97.7. The molecule has 506 valence electrons. The molecule has 0 saturated carbocycles. The van der Waals surface area contributed by atoms with Crippen molar-refractivity contribution in [3.05, 3.63) is 309 Å². The van der Waals surface area contributed by atoms with Gasteiger partial charge in [0, 0.05) is 32.5 Å². The highest BCUT2D eigenvalue weighted by Gasteiger charge is 2.53. The predicted octanol–water partition coefficient (Wildman–Crippen LogP) is 22.8. The molecule has 16 aromatic carbocycles. The molecular formula is C106H76B2. The third-order valence-corrected chi connectivity index (χ3v) is 30.1. The molecule has 0 saturated heterocycles. The van der Waals surface area contributed by atoms with E-state index in [1.54, 1.807) is 0 Å². The average molecular weight is 1370 g/mol. The Labute approximate surface area is 632 Å². The van der Waals surface area contributed by atoms with Gasteiger partial charge in [0.25, 0.3) is 0 Å². The van der Waals surface area contributed by atoms with Crippen LogP contribution < -0.4 is 32.8 Å². The lowest BCUT2D eigenvalue weighted by Gasteiger charge is -2.38. The number of fused-ring (bicyclic) bond motifs is 32. The van der Waals surface area contributed by atoms with E-state index in [2.05, 4.69) is 326 Å². The van der Waals surface area contributed by atoms with Gasteiger partial charge in [-0.1, -0.05) is 322 Å². The van der Waals surface area contributed by atoms with Gasteiger partial charge in [-0.3, -0.25) is 0 Å². The molecule has 0 aromatic heterocycles. The molecule has 0 radical (unpaired) electrons. The zero-order valence-corrected chi connectivity index (χ0v) is 63.2. The molecule has 0 atom stereocenters.